The summed E-state index contributed by atoms with van der Waals surface area (Å²) in [5.41, 5.74) is 1.66. The van der Waals surface area contributed by atoms with Crippen molar-refractivity contribution in [2.75, 3.05) is 18.1 Å². The number of ketones is 1. The first-order valence-corrected chi connectivity index (χ1v) is 13.6. The van der Waals surface area contributed by atoms with E-state index in [1.165, 1.54) is 11.0 Å². The molecule has 0 radical (unpaired) electrons. The average Bonchev–Trinajstić information content (AvgIpc) is 3.45. The standard InChI is InChI=1S/C30H30N2O6S/c1-4-6-17-38-22-14-10-13-21(18-22)25-24(23(33)16-15-20-11-8-7-9-12-20)26(34)28(35)32(25)30-31-19(3)27(39-30)29(36)37-5-2/h7-16,18,25,34H,4-6,17H2,1-3H3/b16-15+. The van der Waals surface area contributed by atoms with Gasteiger partial charge in [0.15, 0.2) is 16.7 Å². The number of rotatable bonds is 11. The molecule has 8 nitrogen and oxygen atoms in total. The van der Waals surface area contributed by atoms with Crippen LogP contribution in [0.2, 0.25) is 0 Å². The molecule has 1 atom stereocenters. The Labute approximate surface area is 231 Å². The van der Waals surface area contributed by atoms with Crippen molar-refractivity contribution in [1.82, 2.24) is 4.98 Å². The van der Waals surface area contributed by atoms with E-state index in [4.69, 9.17) is 9.47 Å². The van der Waals surface area contributed by atoms with Gasteiger partial charge in [-0.1, -0.05) is 73.2 Å². The van der Waals surface area contributed by atoms with Crippen LogP contribution in [0.3, 0.4) is 0 Å². The van der Waals surface area contributed by atoms with Gasteiger partial charge in [0.1, 0.15) is 10.6 Å². The van der Waals surface area contributed by atoms with Crippen LogP contribution in [0.5, 0.6) is 5.75 Å². The first-order valence-electron chi connectivity index (χ1n) is 12.8. The number of hydrogen-bond donors (Lipinski definition) is 1. The van der Waals surface area contributed by atoms with Gasteiger partial charge in [0.2, 0.25) is 0 Å². The van der Waals surface area contributed by atoms with E-state index in [2.05, 4.69) is 11.9 Å². The van der Waals surface area contributed by atoms with Crippen LogP contribution in [0.4, 0.5) is 5.13 Å². The molecule has 2 heterocycles. The lowest BCUT2D eigenvalue weighted by molar-refractivity contribution is -0.117. The van der Waals surface area contributed by atoms with Crippen LogP contribution < -0.4 is 9.64 Å². The number of nitrogens with zero attached hydrogens (tertiary/aromatic N) is 2. The predicted octanol–water partition coefficient (Wildman–Crippen LogP) is 5.99. The second-order valence-corrected chi connectivity index (χ2v) is 9.83. The van der Waals surface area contributed by atoms with Gasteiger partial charge in [-0.3, -0.25) is 14.5 Å². The molecule has 0 saturated heterocycles. The Bertz CT molecular complexity index is 1430. The van der Waals surface area contributed by atoms with Gasteiger partial charge < -0.3 is 14.6 Å². The highest BCUT2D eigenvalue weighted by atomic mass is 32.1. The molecule has 1 aromatic heterocycles. The summed E-state index contributed by atoms with van der Waals surface area (Å²) >= 11 is 0.975. The summed E-state index contributed by atoms with van der Waals surface area (Å²) in [6.45, 7) is 6.13. The summed E-state index contributed by atoms with van der Waals surface area (Å²) in [6, 6.07) is 15.3. The second kappa shape index (κ2) is 12.5. The average molecular weight is 547 g/mol. The Kier molecular flexibility index (Phi) is 8.93. The number of anilines is 1. The molecule has 3 aromatic rings. The first-order chi connectivity index (χ1) is 18.8. The number of allylic oxidation sites excluding steroid dienone is 1. The van der Waals surface area contributed by atoms with Crippen molar-refractivity contribution in [2.45, 2.75) is 39.7 Å². The van der Waals surface area contributed by atoms with Crippen molar-refractivity contribution < 1.29 is 29.0 Å². The summed E-state index contributed by atoms with van der Waals surface area (Å²) in [5, 5.41) is 11.2. The third-order valence-electron chi connectivity index (χ3n) is 6.09. The zero-order valence-corrected chi connectivity index (χ0v) is 22.9. The molecule has 0 aliphatic carbocycles. The number of aromatic nitrogens is 1. The van der Waals surface area contributed by atoms with Crippen LogP contribution in [0, 0.1) is 6.92 Å². The number of aliphatic hydroxyl groups excluding tert-OH is 1. The van der Waals surface area contributed by atoms with Crippen LogP contribution in [0.15, 0.2) is 72.0 Å². The largest absolute Gasteiger partial charge is 0.503 e. The molecule has 1 amide bonds. The number of hydrogen-bond acceptors (Lipinski definition) is 8. The highest BCUT2D eigenvalue weighted by Crippen LogP contribution is 2.43. The number of carbonyl (C=O) groups excluding carboxylic acids is 3. The van der Waals surface area contributed by atoms with Crippen molar-refractivity contribution in [2.24, 2.45) is 0 Å². The van der Waals surface area contributed by atoms with Gasteiger partial charge in [0, 0.05) is 0 Å². The third kappa shape index (κ3) is 6.09. The molecule has 0 bridgehead atoms. The van der Waals surface area contributed by atoms with E-state index >= 15 is 0 Å². The smallest absolute Gasteiger partial charge is 0.350 e. The number of aryl methyl sites for hydroxylation is 1. The Hall–Kier alpha value is -4.24. The van der Waals surface area contributed by atoms with E-state index in [9.17, 15) is 19.5 Å². The van der Waals surface area contributed by atoms with Gasteiger partial charge in [0.25, 0.3) is 5.91 Å². The molecule has 202 valence electrons. The van der Waals surface area contributed by atoms with Crippen LogP contribution in [0.1, 0.15) is 59.2 Å². The summed E-state index contributed by atoms with van der Waals surface area (Å²) in [7, 11) is 0. The van der Waals surface area contributed by atoms with Crippen molar-refractivity contribution in [1.29, 1.82) is 0 Å². The minimum atomic E-state index is -0.985. The topological polar surface area (TPSA) is 106 Å². The zero-order valence-electron chi connectivity index (χ0n) is 22.0. The molecule has 0 spiro atoms. The molecule has 39 heavy (non-hydrogen) atoms. The predicted molar refractivity (Wildman–Crippen MR) is 150 cm³/mol. The molecule has 2 aromatic carbocycles. The fourth-order valence-electron chi connectivity index (χ4n) is 4.18. The fraction of sp³-hybridized carbons (Fsp3) is 0.267. The second-order valence-electron chi connectivity index (χ2n) is 8.85. The maximum Gasteiger partial charge on any atom is 0.350 e. The number of unbranched alkanes of at least 4 members (excludes halogenated alkanes) is 1. The Morgan fingerprint density at radius 1 is 1.13 bits per heavy atom. The minimum absolute atomic E-state index is 0.0802. The Balaban J connectivity index is 1.78. The van der Waals surface area contributed by atoms with Crippen molar-refractivity contribution in [3.8, 4) is 5.75 Å². The van der Waals surface area contributed by atoms with Crippen LogP contribution in [0.25, 0.3) is 6.08 Å². The van der Waals surface area contributed by atoms with Gasteiger partial charge in [-0.15, -0.1) is 0 Å². The van der Waals surface area contributed by atoms with Crippen LogP contribution in [-0.2, 0) is 14.3 Å². The van der Waals surface area contributed by atoms with Gasteiger partial charge in [0.05, 0.1) is 30.5 Å². The lowest BCUT2D eigenvalue weighted by Crippen LogP contribution is -2.30. The highest BCUT2D eigenvalue weighted by molar-refractivity contribution is 7.17. The quantitative estimate of drug-likeness (QED) is 0.179. The molecular weight excluding hydrogens is 516 g/mol. The molecule has 0 saturated carbocycles. The Morgan fingerprint density at radius 2 is 1.90 bits per heavy atom. The molecule has 1 aliphatic rings. The maximum atomic E-state index is 13.5. The highest BCUT2D eigenvalue weighted by Gasteiger charge is 2.45. The summed E-state index contributed by atoms with van der Waals surface area (Å²) in [5.74, 6) is -1.93. The van der Waals surface area contributed by atoms with E-state index in [1.54, 1.807) is 44.2 Å². The number of aliphatic hydroxyl groups is 1. The van der Waals surface area contributed by atoms with Gasteiger partial charge >= 0.3 is 5.97 Å². The fourth-order valence-corrected chi connectivity index (χ4v) is 5.16. The molecule has 1 N–H and O–H groups in total. The van der Waals surface area contributed by atoms with E-state index in [1.807, 2.05) is 30.3 Å². The lowest BCUT2D eigenvalue weighted by Gasteiger charge is -2.24. The van der Waals surface area contributed by atoms with Crippen LogP contribution >= 0.6 is 11.3 Å². The molecule has 0 fully saturated rings. The zero-order chi connectivity index (χ0) is 27.9. The van der Waals surface area contributed by atoms with Gasteiger partial charge in [-0.2, -0.15) is 0 Å². The number of benzene rings is 2. The minimum Gasteiger partial charge on any atom is -0.503 e. The summed E-state index contributed by atoms with van der Waals surface area (Å²) in [4.78, 5) is 45.4. The number of ether oxygens (including phenoxy) is 2. The normalized spacial score (nSPS) is 15.3. The number of amides is 1. The number of esters is 1. The van der Waals surface area contributed by atoms with Crippen molar-refractivity contribution in [3.05, 3.63) is 93.7 Å². The van der Waals surface area contributed by atoms with Crippen molar-refractivity contribution in [3.63, 3.8) is 0 Å². The van der Waals surface area contributed by atoms with Gasteiger partial charge in [-0.25, -0.2) is 9.78 Å². The summed E-state index contributed by atoms with van der Waals surface area (Å²) in [6.07, 6.45) is 4.81. The third-order valence-corrected chi connectivity index (χ3v) is 7.23. The number of thiazole rings is 1. The molecule has 1 aliphatic heterocycles. The molecule has 1 unspecified atom stereocenters. The van der Waals surface area contributed by atoms with Crippen LogP contribution in [-0.4, -0.2) is 41.0 Å². The summed E-state index contributed by atoms with van der Waals surface area (Å²) < 4.78 is 11.0. The lowest BCUT2D eigenvalue weighted by atomic mass is 9.95. The molecule has 9 heteroatoms. The van der Waals surface area contributed by atoms with E-state index in [-0.39, 0.29) is 22.2 Å². The van der Waals surface area contributed by atoms with E-state index in [0.717, 1.165) is 29.7 Å². The first kappa shape index (κ1) is 27.8. The SMILES string of the molecule is CCCCOc1cccc(C2C(C(=O)/C=C/c3ccccc3)=C(O)C(=O)N2c2nc(C)c(C(=O)OCC)s2)c1. The molecular formula is C30H30N2O6S. The van der Waals surface area contributed by atoms with Gasteiger partial charge in [-0.05, 0) is 49.6 Å². The number of carbonyl (C=O) groups is 3. The van der Waals surface area contributed by atoms with E-state index in [0.29, 0.717) is 23.6 Å². The molecule has 4 rings (SSSR count). The van der Waals surface area contributed by atoms with E-state index < -0.39 is 29.5 Å². The van der Waals surface area contributed by atoms with Crippen molar-refractivity contribution >= 4 is 40.2 Å². The maximum absolute atomic E-state index is 13.5. The monoisotopic (exact) mass is 546 g/mol. The Morgan fingerprint density at radius 3 is 2.62 bits per heavy atom.